The zero-order chi connectivity index (χ0) is 25.4. The van der Waals surface area contributed by atoms with Crippen LogP contribution in [0.15, 0.2) is 61.1 Å². The van der Waals surface area contributed by atoms with Crippen molar-refractivity contribution in [3.63, 3.8) is 0 Å². The van der Waals surface area contributed by atoms with E-state index in [1.807, 2.05) is 18.2 Å². The van der Waals surface area contributed by atoms with Gasteiger partial charge in [0, 0.05) is 29.7 Å². The monoisotopic (exact) mass is 519 g/mol. The average Bonchev–Trinajstić information content (AvgIpc) is 3.62. The first-order valence-electron chi connectivity index (χ1n) is 12.5. The van der Waals surface area contributed by atoms with Crippen LogP contribution >= 0.6 is 11.6 Å². The van der Waals surface area contributed by atoms with Crippen molar-refractivity contribution in [1.82, 2.24) is 25.5 Å². The van der Waals surface area contributed by atoms with Crippen LogP contribution in [0.4, 0.5) is 15.9 Å². The second kappa shape index (κ2) is 9.97. The van der Waals surface area contributed by atoms with Crippen LogP contribution < -0.4 is 15.5 Å². The Morgan fingerprint density at radius 2 is 1.97 bits per heavy atom. The lowest BCUT2D eigenvalue weighted by molar-refractivity contribution is -0.123. The van der Waals surface area contributed by atoms with Crippen LogP contribution in [0.5, 0.6) is 0 Å². The van der Waals surface area contributed by atoms with E-state index in [0.717, 1.165) is 37.0 Å². The fourth-order valence-corrected chi connectivity index (χ4v) is 5.53. The van der Waals surface area contributed by atoms with Gasteiger partial charge in [-0.2, -0.15) is 5.10 Å². The van der Waals surface area contributed by atoms with E-state index < -0.39 is 11.9 Å². The van der Waals surface area contributed by atoms with E-state index in [1.54, 1.807) is 12.3 Å². The van der Waals surface area contributed by atoms with Crippen molar-refractivity contribution in [3.05, 3.63) is 77.5 Å². The molecule has 1 unspecified atom stereocenters. The predicted molar refractivity (Wildman–Crippen MR) is 141 cm³/mol. The van der Waals surface area contributed by atoms with E-state index >= 15 is 0 Å². The molecule has 1 aliphatic heterocycles. The number of H-pyrrole nitrogens is 1. The SMILES string of the molecule is O=C(N[C@H]1CN(c2ncnc3[nH]ncc23)CCC1c1ccccc1)[C@H](Nc1cc(F)cc(Cl)c1)C1CC1. The summed E-state index contributed by atoms with van der Waals surface area (Å²) in [7, 11) is 0. The first-order chi connectivity index (χ1) is 18.0. The lowest BCUT2D eigenvalue weighted by atomic mass is 9.85. The minimum atomic E-state index is -0.468. The summed E-state index contributed by atoms with van der Waals surface area (Å²) in [4.78, 5) is 24.7. The molecule has 8 nitrogen and oxygen atoms in total. The minimum absolute atomic E-state index is 0.0909. The molecule has 37 heavy (non-hydrogen) atoms. The molecule has 190 valence electrons. The van der Waals surface area contributed by atoms with E-state index in [-0.39, 0.29) is 23.8 Å². The van der Waals surface area contributed by atoms with Crippen molar-refractivity contribution in [2.75, 3.05) is 23.3 Å². The summed E-state index contributed by atoms with van der Waals surface area (Å²) >= 11 is 6.06. The van der Waals surface area contributed by atoms with Gasteiger partial charge < -0.3 is 15.5 Å². The number of rotatable bonds is 7. The number of nitrogens with zero attached hydrogens (tertiary/aromatic N) is 4. The number of halogens is 2. The van der Waals surface area contributed by atoms with Crippen molar-refractivity contribution in [2.45, 2.75) is 37.3 Å². The quantitative estimate of drug-likeness (QED) is 0.332. The van der Waals surface area contributed by atoms with Gasteiger partial charge >= 0.3 is 0 Å². The first kappa shape index (κ1) is 23.7. The predicted octanol–water partition coefficient (Wildman–Crippen LogP) is 4.51. The van der Waals surface area contributed by atoms with Crippen molar-refractivity contribution >= 4 is 40.0 Å². The molecule has 3 heterocycles. The molecule has 2 aromatic heterocycles. The molecule has 1 saturated carbocycles. The maximum atomic E-state index is 14.0. The summed E-state index contributed by atoms with van der Waals surface area (Å²) in [6.07, 6.45) is 6.01. The Bertz CT molecular complexity index is 1390. The zero-order valence-corrected chi connectivity index (χ0v) is 20.8. The topological polar surface area (TPSA) is 98.8 Å². The molecule has 10 heteroatoms. The van der Waals surface area contributed by atoms with Gasteiger partial charge in [0.1, 0.15) is 24.0 Å². The number of carbonyl (C=O) groups excluding carboxylic acids is 1. The third kappa shape index (κ3) is 5.09. The highest BCUT2D eigenvalue weighted by Crippen LogP contribution is 2.36. The maximum absolute atomic E-state index is 14.0. The number of hydrogen-bond donors (Lipinski definition) is 3. The van der Waals surface area contributed by atoms with Gasteiger partial charge in [-0.15, -0.1) is 0 Å². The van der Waals surface area contributed by atoms with Crippen LogP contribution in [0.3, 0.4) is 0 Å². The molecular formula is C27H27ClFN7O. The second-order valence-corrected chi connectivity index (χ2v) is 10.3. The second-order valence-electron chi connectivity index (χ2n) is 9.81. The van der Waals surface area contributed by atoms with Gasteiger partial charge in [-0.1, -0.05) is 41.9 Å². The highest BCUT2D eigenvalue weighted by atomic mass is 35.5. The van der Waals surface area contributed by atoms with E-state index in [9.17, 15) is 9.18 Å². The Kier molecular flexibility index (Phi) is 6.38. The molecule has 0 spiro atoms. The summed E-state index contributed by atoms with van der Waals surface area (Å²) in [5.41, 5.74) is 2.38. The van der Waals surface area contributed by atoms with E-state index in [4.69, 9.17) is 11.6 Å². The van der Waals surface area contributed by atoms with Crippen molar-refractivity contribution in [3.8, 4) is 0 Å². The van der Waals surface area contributed by atoms with Crippen LogP contribution in [-0.2, 0) is 4.79 Å². The van der Waals surface area contributed by atoms with Gasteiger partial charge in [0.25, 0.3) is 0 Å². The number of hydrogen-bond acceptors (Lipinski definition) is 6. The van der Waals surface area contributed by atoms with Crippen molar-refractivity contribution in [1.29, 1.82) is 0 Å². The lowest BCUT2D eigenvalue weighted by Gasteiger charge is -2.40. The number of carbonyl (C=O) groups is 1. The van der Waals surface area contributed by atoms with Crippen LogP contribution in [0, 0.1) is 11.7 Å². The Morgan fingerprint density at radius 1 is 1.14 bits per heavy atom. The smallest absolute Gasteiger partial charge is 0.243 e. The fourth-order valence-electron chi connectivity index (χ4n) is 5.31. The van der Waals surface area contributed by atoms with E-state index in [1.165, 1.54) is 24.0 Å². The summed E-state index contributed by atoms with van der Waals surface area (Å²) in [6, 6.07) is 13.9. The highest BCUT2D eigenvalue weighted by Gasteiger charge is 2.39. The normalized spacial score (nSPS) is 20.5. The fraction of sp³-hybridized carbons (Fsp3) is 0.333. The molecule has 4 aromatic rings. The Labute approximate surface area is 218 Å². The van der Waals surface area contributed by atoms with Gasteiger partial charge in [0.2, 0.25) is 5.91 Å². The van der Waals surface area contributed by atoms with Crippen LogP contribution in [0.25, 0.3) is 11.0 Å². The van der Waals surface area contributed by atoms with E-state index in [2.05, 4.69) is 47.8 Å². The Hall–Kier alpha value is -3.72. The molecule has 1 amide bonds. The Balaban J connectivity index is 1.26. The number of nitrogens with one attached hydrogen (secondary N) is 3. The molecule has 3 N–H and O–H groups in total. The minimum Gasteiger partial charge on any atom is -0.373 e. The maximum Gasteiger partial charge on any atom is 0.243 e. The first-order valence-corrected chi connectivity index (χ1v) is 12.9. The summed E-state index contributed by atoms with van der Waals surface area (Å²) in [5.74, 6) is 0.617. The molecule has 0 bridgehead atoms. The third-order valence-electron chi connectivity index (χ3n) is 7.26. The van der Waals surface area contributed by atoms with E-state index in [0.29, 0.717) is 22.9 Å². The number of amides is 1. The number of piperidine rings is 1. The summed E-state index contributed by atoms with van der Waals surface area (Å²) in [6.45, 7) is 1.38. The molecule has 0 radical (unpaired) electrons. The molecule has 2 fully saturated rings. The largest absolute Gasteiger partial charge is 0.373 e. The summed E-state index contributed by atoms with van der Waals surface area (Å²) < 4.78 is 14.0. The van der Waals surface area contributed by atoms with Crippen LogP contribution in [0.1, 0.15) is 30.7 Å². The molecular weight excluding hydrogens is 493 g/mol. The molecule has 1 saturated heterocycles. The van der Waals surface area contributed by atoms with Crippen molar-refractivity contribution in [2.24, 2.45) is 5.92 Å². The number of aromatic amines is 1. The van der Waals surface area contributed by atoms with Crippen LogP contribution in [-0.4, -0.2) is 51.2 Å². The lowest BCUT2D eigenvalue weighted by Crippen LogP contribution is -2.55. The summed E-state index contributed by atoms with van der Waals surface area (Å²) in [5, 5.41) is 14.8. The number of benzene rings is 2. The number of fused-ring (bicyclic) bond motifs is 1. The Morgan fingerprint density at radius 3 is 2.76 bits per heavy atom. The van der Waals surface area contributed by atoms with Gasteiger partial charge in [0.15, 0.2) is 5.65 Å². The van der Waals surface area contributed by atoms with Crippen molar-refractivity contribution < 1.29 is 9.18 Å². The average molecular weight is 520 g/mol. The molecule has 6 rings (SSSR count). The van der Waals surface area contributed by atoms with Gasteiger partial charge in [-0.3, -0.25) is 9.89 Å². The van der Waals surface area contributed by atoms with Crippen LogP contribution in [0.2, 0.25) is 5.02 Å². The number of aromatic nitrogens is 4. The van der Waals surface area contributed by atoms with Gasteiger partial charge in [0.05, 0.1) is 17.6 Å². The molecule has 2 aliphatic rings. The standard InChI is InChI=1S/C27H27ClFN7O/c28-18-10-19(29)12-20(11-18)33-24(17-6-7-17)27(37)34-23-14-36(9-8-21(23)16-4-2-1-3-5-16)26-22-13-32-35-25(22)30-15-31-26/h1-5,10-13,15,17,21,23-24,33H,6-9,14H2,(H,34,37)(H,30,31,32,35)/t21?,23-,24+/m0/s1. The van der Waals surface area contributed by atoms with Gasteiger partial charge in [-0.05, 0) is 48.9 Å². The third-order valence-corrected chi connectivity index (χ3v) is 7.47. The number of anilines is 2. The molecule has 2 aromatic carbocycles. The zero-order valence-electron chi connectivity index (χ0n) is 20.1. The highest BCUT2D eigenvalue weighted by molar-refractivity contribution is 6.30. The molecule has 3 atom stereocenters. The molecule has 1 aliphatic carbocycles. The van der Waals surface area contributed by atoms with Gasteiger partial charge in [-0.25, -0.2) is 14.4 Å².